The van der Waals surface area contributed by atoms with Gasteiger partial charge < -0.3 is 14.8 Å². The summed E-state index contributed by atoms with van der Waals surface area (Å²) in [6.45, 7) is 3.04. The molecule has 0 fully saturated rings. The molecule has 3 heterocycles. The number of rotatable bonds is 5. The predicted octanol–water partition coefficient (Wildman–Crippen LogP) is 8.66. The maximum atomic E-state index is 10.2. The van der Waals surface area contributed by atoms with E-state index in [4.69, 9.17) is 0 Å². The van der Waals surface area contributed by atoms with Crippen molar-refractivity contribution in [1.29, 1.82) is 0 Å². The summed E-state index contributed by atoms with van der Waals surface area (Å²) in [6, 6.07) is 31.8. The fourth-order valence-electron chi connectivity index (χ4n) is 5.53. The number of nitrogens with zero attached hydrogens (tertiary/aromatic N) is 3. The first-order valence-electron chi connectivity index (χ1n) is 13.7. The number of phenolic OH excluding ortho intramolecular Hbond substituents is 2. The van der Waals surface area contributed by atoms with Gasteiger partial charge in [-0.15, -0.1) is 0 Å². The minimum Gasteiger partial charge on any atom is -0.506 e. The van der Waals surface area contributed by atoms with E-state index >= 15 is 0 Å². The van der Waals surface area contributed by atoms with Gasteiger partial charge in [0.25, 0.3) is 0 Å². The summed E-state index contributed by atoms with van der Waals surface area (Å²) in [5, 5.41) is 24.6. The van der Waals surface area contributed by atoms with Crippen molar-refractivity contribution in [3.05, 3.63) is 120 Å². The van der Waals surface area contributed by atoms with Crippen LogP contribution in [0, 0.1) is 0 Å². The molecule has 7 rings (SSSR count). The Morgan fingerprint density at radius 1 is 0.585 bits per heavy atom. The third kappa shape index (κ3) is 4.47. The van der Waals surface area contributed by atoms with Gasteiger partial charge in [-0.2, -0.15) is 0 Å². The lowest BCUT2D eigenvalue weighted by Crippen LogP contribution is -1.92. The molecule has 5 nitrogen and oxygen atoms in total. The molecule has 0 atom stereocenters. The largest absolute Gasteiger partial charge is 0.506 e. The fraction of sp³-hybridized carbons (Fsp3) is 0.0556. The first-order valence-corrected chi connectivity index (χ1v) is 13.7. The van der Waals surface area contributed by atoms with Gasteiger partial charge in [-0.05, 0) is 78.7 Å². The van der Waals surface area contributed by atoms with Crippen molar-refractivity contribution in [3.63, 3.8) is 0 Å². The lowest BCUT2D eigenvalue weighted by atomic mass is 10.1. The van der Waals surface area contributed by atoms with Crippen LogP contribution in [0.5, 0.6) is 11.5 Å². The second kappa shape index (κ2) is 9.96. The highest BCUT2D eigenvalue weighted by Crippen LogP contribution is 2.32. The molecular weight excluding hydrogens is 506 g/mol. The molecule has 0 unspecified atom stereocenters. The first kappa shape index (κ1) is 24.6. The highest BCUT2D eigenvalue weighted by Gasteiger charge is 2.11. The van der Waals surface area contributed by atoms with Gasteiger partial charge in [-0.25, -0.2) is 9.97 Å². The summed E-state index contributed by atoms with van der Waals surface area (Å²) >= 11 is 0. The molecular formula is C36H27N3O2. The number of aromatic hydroxyl groups is 2. The molecule has 0 saturated carbocycles. The SMILES string of the molecule is CCn1c2ccc(/C=C/c3ccc4cccc(O)c4n3)cc2c2cc(/C=C/c3ccc4cccc(O)c4n3)ccc21. The number of aryl methyl sites for hydroxylation is 1. The summed E-state index contributed by atoms with van der Waals surface area (Å²) in [5.41, 5.74) is 7.33. The van der Waals surface area contributed by atoms with Gasteiger partial charge >= 0.3 is 0 Å². The standard InChI is InChI=1S/C36H27N3O2/c1-2-39-31-19-11-23(9-15-27-17-13-25-5-3-7-33(40)35(25)37-27)21-29(31)30-22-24(12-20-32(30)39)10-16-28-18-14-26-6-4-8-34(41)36(26)38-28/h3-22,40-41H,2H2,1H3/b15-9+,16-10+. The van der Waals surface area contributed by atoms with Gasteiger partial charge in [0.05, 0.1) is 11.4 Å². The van der Waals surface area contributed by atoms with E-state index in [0.717, 1.165) is 39.8 Å². The minimum absolute atomic E-state index is 0.186. The normalized spacial score (nSPS) is 12.1. The van der Waals surface area contributed by atoms with E-state index in [1.165, 1.54) is 21.8 Å². The number of benzene rings is 4. The average Bonchev–Trinajstić information content (AvgIpc) is 3.32. The van der Waals surface area contributed by atoms with Gasteiger partial charge in [0.2, 0.25) is 0 Å². The van der Waals surface area contributed by atoms with Crippen LogP contribution in [0.15, 0.2) is 97.1 Å². The van der Waals surface area contributed by atoms with E-state index in [-0.39, 0.29) is 11.5 Å². The van der Waals surface area contributed by atoms with Gasteiger partial charge in [-0.3, -0.25) is 0 Å². The van der Waals surface area contributed by atoms with E-state index in [9.17, 15) is 10.2 Å². The lowest BCUT2D eigenvalue weighted by molar-refractivity contribution is 0.480. The second-order valence-electron chi connectivity index (χ2n) is 10.1. The molecule has 4 aromatic carbocycles. The third-order valence-corrected chi connectivity index (χ3v) is 7.56. The molecule has 0 radical (unpaired) electrons. The summed E-state index contributed by atoms with van der Waals surface area (Å²) in [7, 11) is 0. The lowest BCUT2D eigenvalue weighted by Gasteiger charge is -2.03. The van der Waals surface area contributed by atoms with Crippen LogP contribution >= 0.6 is 0 Å². The molecule has 0 spiro atoms. The van der Waals surface area contributed by atoms with E-state index < -0.39 is 0 Å². The Morgan fingerprint density at radius 3 is 1.54 bits per heavy atom. The Kier molecular flexibility index (Phi) is 5.98. The van der Waals surface area contributed by atoms with Crippen LogP contribution in [0.4, 0.5) is 0 Å². The zero-order valence-corrected chi connectivity index (χ0v) is 22.5. The predicted molar refractivity (Wildman–Crippen MR) is 170 cm³/mol. The molecule has 0 amide bonds. The number of hydrogen-bond donors (Lipinski definition) is 2. The third-order valence-electron chi connectivity index (χ3n) is 7.56. The number of phenols is 2. The van der Waals surface area contributed by atoms with Crippen molar-refractivity contribution in [3.8, 4) is 11.5 Å². The smallest absolute Gasteiger partial charge is 0.141 e. The van der Waals surface area contributed by atoms with Gasteiger partial charge in [-0.1, -0.05) is 60.7 Å². The van der Waals surface area contributed by atoms with Gasteiger partial charge in [0.1, 0.15) is 22.5 Å². The first-order chi connectivity index (χ1) is 20.1. The van der Waals surface area contributed by atoms with E-state index in [1.807, 2.05) is 60.7 Å². The molecule has 0 aliphatic rings. The van der Waals surface area contributed by atoms with Crippen molar-refractivity contribution in [2.75, 3.05) is 0 Å². The number of aromatic nitrogens is 3. The molecule has 5 heteroatoms. The van der Waals surface area contributed by atoms with Gasteiger partial charge in [0, 0.05) is 39.1 Å². The molecule has 2 N–H and O–H groups in total. The Hall–Kier alpha value is -5.42. The highest BCUT2D eigenvalue weighted by molar-refractivity contribution is 6.09. The fourth-order valence-corrected chi connectivity index (χ4v) is 5.53. The molecule has 0 saturated heterocycles. The number of pyridine rings is 2. The Morgan fingerprint density at radius 2 is 1.07 bits per heavy atom. The zero-order valence-electron chi connectivity index (χ0n) is 22.5. The molecule has 7 aromatic rings. The van der Waals surface area contributed by atoms with Crippen LogP contribution < -0.4 is 0 Å². The van der Waals surface area contributed by atoms with Crippen molar-refractivity contribution in [2.45, 2.75) is 13.5 Å². The van der Waals surface area contributed by atoms with Crippen LogP contribution in [0.25, 0.3) is 67.9 Å². The monoisotopic (exact) mass is 533 g/mol. The van der Waals surface area contributed by atoms with Crippen molar-refractivity contribution >= 4 is 67.9 Å². The zero-order chi connectivity index (χ0) is 27.9. The summed E-state index contributed by atoms with van der Waals surface area (Å²) in [6.07, 6.45) is 8.09. The quantitative estimate of drug-likeness (QED) is 0.232. The van der Waals surface area contributed by atoms with Crippen LogP contribution in [0.1, 0.15) is 29.4 Å². The average molecular weight is 534 g/mol. The molecule has 3 aromatic heterocycles. The van der Waals surface area contributed by atoms with E-state index in [1.54, 1.807) is 12.1 Å². The number of para-hydroxylation sites is 2. The Balaban J connectivity index is 1.25. The van der Waals surface area contributed by atoms with Crippen LogP contribution in [-0.4, -0.2) is 24.7 Å². The van der Waals surface area contributed by atoms with E-state index in [2.05, 4.69) is 70.0 Å². The second-order valence-corrected chi connectivity index (χ2v) is 10.1. The maximum absolute atomic E-state index is 10.2. The van der Waals surface area contributed by atoms with Crippen LogP contribution in [-0.2, 0) is 6.54 Å². The minimum atomic E-state index is 0.186. The van der Waals surface area contributed by atoms with Gasteiger partial charge in [0.15, 0.2) is 0 Å². The van der Waals surface area contributed by atoms with Crippen LogP contribution in [0.2, 0.25) is 0 Å². The molecule has 41 heavy (non-hydrogen) atoms. The van der Waals surface area contributed by atoms with Crippen LogP contribution in [0.3, 0.4) is 0 Å². The van der Waals surface area contributed by atoms with Crippen molar-refractivity contribution < 1.29 is 10.2 Å². The number of hydrogen-bond acceptors (Lipinski definition) is 4. The maximum Gasteiger partial charge on any atom is 0.141 e. The van der Waals surface area contributed by atoms with E-state index in [0.29, 0.717) is 11.0 Å². The van der Waals surface area contributed by atoms with Crippen molar-refractivity contribution in [1.82, 2.24) is 14.5 Å². The summed E-state index contributed by atoms with van der Waals surface area (Å²) in [5.74, 6) is 0.372. The molecule has 198 valence electrons. The Bertz CT molecular complexity index is 2020. The van der Waals surface area contributed by atoms with Crippen molar-refractivity contribution in [2.24, 2.45) is 0 Å². The molecule has 0 aliphatic heterocycles. The summed E-state index contributed by atoms with van der Waals surface area (Å²) < 4.78 is 2.34. The highest BCUT2D eigenvalue weighted by atomic mass is 16.3. The number of fused-ring (bicyclic) bond motifs is 5. The molecule has 0 bridgehead atoms. The topological polar surface area (TPSA) is 71.2 Å². The summed E-state index contributed by atoms with van der Waals surface area (Å²) in [4.78, 5) is 9.26. The molecule has 0 aliphatic carbocycles. The Labute approximate surface area is 237 Å².